The topological polar surface area (TPSA) is 99.5 Å². The van der Waals surface area contributed by atoms with Gasteiger partial charge < -0.3 is 9.57 Å². The van der Waals surface area contributed by atoms with Crippen LogP contribution in [0, 0.1) is 13.8 Å². The van der Waals surface area contributed by atoms with Gasteiger partial charge in [0.05, 0.1) is 23.4 Å². The number of methoxy groups -OCH3 is 1. The largest absolute Gasteiger partial charge is 0.464 e. The second-order valence-electron chi connectivity index (χ2n) is 5.61. The Labute approximate surface area is 159 Å². The first-order valence-electron chi connectivity index (χ1n) is 8.01. The maximum absolute atomic E-state index is 11.6. The number of oxime groups is 1. The third-order valence-corrected chi connectivity index (χ3v) is 4.84. The van der Waals surface area contributed by atoms with Crippen LogP contribution in [-0.2, 0) is 4.74 Å². The molecular formula is C18H17N5O3S. The zero-order chi connectivity index (χ0) is 19.4. The molecule has 3 rings (SSSR count). The number of hydrogen-bond donors (Lipinski definition) is 0. The molecule has 3 heterocycles. The fourth-order valence-electron chi connectivity index (χ4n) is 2.29. The van der Waals surface area contributed by atoms with Gasteiger partial charge in [0.2, 0.25) is 0 Å². The minimum absolute atomic E-state index is 0.0237. The molecule has 0 saturated carbocycles. The molecule has 0 atom stereocenters. The highest BCUT2D eigenvalue weighted by Gasteiger charge is 2.14. The Morgan fingerprint density at radius 3 is 2.74 bits per heavy atom. The lowest BCUT2D eigenvalue weighted by atomic mass is 10.3. The normalized spacial score (nSPS) is 11.3. The fourth-order valence-corrected chi connectivity index (χ4v) is 3.28. The standard InChI is InChI=1S/C18H17N5O3S/c1-10-8-14(17(24)25-4)22-18(20-10)26-23-12(3)15-11(2)21-16(27-15)13-6-5-7-19-9-13/h5-9H,1-4H3/b23-12+. The Morgan fingerprint density at radius 2 is 2.04 bits per heavy atom. The lowest BCUT2D eigenvalue weighted by Gasteiger charge is -2.03. The molecular weight excluding hydrogens is 366 g/mol. The van der Waals surface area contributed by atoms with Crippen molar-refractivity contribution in [3.8, 4) is 16.6 Å². The molecule has 0 N–H and O–H groups in total. The van der Waals surface area contributed by atoms with Gasteiger partial charge in [-0.3, -0.25) is 4.98 Å². The molecule has 27 heavy (non-hydrogen) atoms. The Kier molecular flexibility index (Phi) is 5.51. The summed E-state index contributed by atoms with van der Waals surface area (Å²) < 4.78 is 4.67. The van der Waals surface area contributed by atoms with E-state index in [4.69, 9.17) is 4.84 Å². The Bertz CT molecular complexity index is 1000. The quantitative estimate of drug-likeness (QED) is 0.379. The van der Waals surface area contributed by atoms with Gasteiger partial charge >= 0.3 is 12.0 Å². The second kappa shape index (κ2) is 8.00. The maximum atomic E-state index is 11.6. The Balaban J connectivity index is 1.84. The van der Waals surface area contributed by atoms with Crippen molar-refractivity contribution in [2.45, 2.75) is 20.8 Å². The summed E-state index contributed by atoms with van der Waals surface area (Å²) in [6.07, 6.45) is 3.48. The predicted octanol–water partition coefficient (Wildman–Crippen LogP) is 3.20. The summed E-state index contributed by atoms with van der Waals surface area (Å²) in [5, 5.41) is 4.95. The smallest absolute Gasteiger partial charge is 0.356 e. The van der Waals surface area contributed by atoms with Gasteiger partial charge in [0.15, 0.2) is 5.69 Å². The summed E-state index contributed by atoms with van der Waals surface area (Å²) in [7, 11) is 1.29. The molecule has 138 valence electrons. The van der Waals surface area contributed by atoms with Crippen molar-refractivity contribution in [2.24, 2.45) is 5.16 Å². The van der Waals surface area contributed by atoms with Crippen LogP contribution in [-0.4, -0.2) is 38.7 Å². The molecule has 9 heteroatoms. The number of carbonyl (C=O) groups is 1. The minimum atomic E-state index is -0.564. The van der Waals surface area contributed by atoms with Crippen LogP contribution in [0.15, 0.2) is 35.7 Å². The van der Waals surface area contributed by atoms with Gasteiger partial charge in [-0.25, -0.2) is 9.78 Å². The van der Waals surface area contributed by atoms with Gasteiger partial charge in [0, 0.05) is 23.7 Å². The molecule has 0 fully saturated rings. The van der Waals surface area contributed by atoms with E-state index in [1.807, 2.05) is 26.0 Å². The molecule has 0 amide bonds. The monoisotopic (exact) mass is 383 g/mol. The number of nitrogens with zero attached hydrogens (tertiary/aromatic N) is 5. The third-order valence-electron chi connectivity index (χ3n) is 3.53. The van der Waals surface area contributed by atoms with E-state index in [-0.39, 0.29) is 11.7 Å². The van der Waals surface area contributed by atoms with E-state index < -0.39 is 5.97 Å². The van der Waals surface area contributed by atoms with Gasteiger partial charge in [0.25, 0.3) is 0 Å². The van der Waals surface area contributed by atoms with Crippen molar-refractivity contribution in [3.63, 3.8) is 0 Å². The van der Waals surface area contributed by atoms with E-state index in [1.165, 1.54) is 24.5 Å². The summed E-state index contributed by atoms with van der Waals surface area (Å²) in [5.74, 6) is -0.564. The number of ether oxygens (including phenoxy) is 1. The van der Waals surface area contributed by atoms with Crippen molar-refractivity contribution >= 4 is 23.0 Å². The number of aromatic nitrogens is 4. The van der Waals surface area contributed by atoms with Crippen molar-refractivity contribution < 1.29 is 14.4 Å². The van der Waals surface area contributed by atoms with Crippen molar-refractivity contribution in [1.82, 2.24) is 19.9 Å². The Morgan fingerprint density at radius 1 is 1.22 bits per heavy atom. The number of rotatable bonds is 5. The molecule has 0 aromatic carbocycles. The molecule has 8 nitrogen and oxygen atoms in total. The van der Waals surface area contributed by atoms with E-state index in [2.05, 4.69) is 29.8 Å². The Hall–Kier alpha value is -3.20. The number of esters is 1. The number of carbonyl (C=O) groups excluding carboxylic acids is 1. The summed E-state index contributed by atoms with van der Waals surface area (Å²) in [6.45, 7) is 5.44. The first kappa shape index (κ1) is 18.6. The van der Waals surface area contributed by atoms with Crippen LogP contribution in [0.1, 0.15) is 33.7 Å². The van der Waals surface area contributed by atoms with Crippen LogP contribution in [0.4, 0.5) is 0 Å². The van der Waals surface area contributed by atoms with Crippen LogP contribution in [0.5, 0.6) is 6.01 Å². The van der Waals surface area contributed by atoms with Crippen molar-refractivity contribution in [3.05, 3.63) is 52.6 Å². The highest BCUT2D eigenvalue weighted by molar-refractivity contribution is 7.17. The van der Waals surface area contributed by atoms with Crippen LogP contribution in [0.2, 0.25) is 0 Å². The lowest BCUT2D eigenvalue weighted by molar-refractivity contribution is 0.0592. The molecule has 3 aromatic heterocycles. The van der Waals surface area contributed by atoms with Gasteiger partial charge in [-0.05, 0) is 39.0 Å². The first-order chi connectivity index (χ1) is 13.0. The molecule has 0 spiro atoms. The summed E-state index contributed by atoms with van der Waals surface area (Å²) in [5.41, 5.74) is 3.09. The maximum Gasteiger partial charge on any atom is 0.356 e. The van der Waals surface area contributed by atoms with Crippen molar-refractivity contribution in [1.29, 1.82) is 0 Å². The highest BCUT2D eigenvalue weighted by atomic mass is 32.1. The summed E-state index contributed by atoms with van der Waals surface area (Å²) in [6, 6.07) is 5.31. The van der Waals surface area contributed by atoms with Gasteiger partial charge in [0.1, 0.15) is 5.01 Å². The molecule has 0 unspecified atom stereocenters. The number of thiazole rings is 1. The number of hydrogen-bond acceptors (Lipinski definition) is 9. The average molecular weight is 383 g/mol. The number of aryl methyl sites for hydroxylation is 2. The zero-order valence-corrected chi connectivity index (χ0v) is 16.1. The first-order valence-corrected chi connectivity index (χ1v) is 8.83. The predicted molar refractivity (Wildman–Crippen MR) is 101 cm³/mol. The molecule has 0 bridgehead atoms. The van der Waals surface area contributed by atoms with Gasteiger partial charge in [-0.15, -0.1) is 11.3 Å². The van der Waals surface area contributed by atoms with Crippen LogP contribution in [0.25, 0.3) is 10.6 Å². The van der Waals surface area contributed by atoms with Crippen LogP contribution in [0.3, 0.4) is 0 Å². The summed E-state index contributed by atoms with van der Waals surface area (Å²) in [4.78, 5) is 34.7. The minimum Gasteiger partial charge on any atom is -0.464 e. The van der Waals surface area contributed by atoms with E-state index in [0.29, 0.717) is 11.4 Å². The average Bonchev–Trinajstić information content (AvgIpc) is 3.07. The number of pyridine rings is 1. The molecule has 0 aliphatic rings. The lowest BCUT2D eigenvalue weighted by Crippen LogP contribution is -2.08. The molecule has 0 saturated heterocycles. The fraction of sp³-hybridized carbons (Fsp3) is 0.222. The molecule has 0 aliphatic carbocycles. The molecule has 0 aliphatic heterocycles. The van der Waals surface area contributed by atoms with E-state index >= 15 is 0 Å². The SMILES string of the molecule is COC(=O)c1cc(C)nc(O/N=C(\C)c2sc(-c3cccnc3)nc2C)n1. The zero-order valence-electron chi connectivity index (χ0n) is 15.3. The van der Waals surface area contributed by atoms with E-state index in [9.17, 15) is 4.79 Å². The third kappa shape index (κ3) is 4.32. The molecule has 3 aromatic rings. The van der Waals surface area contributed by atoms with Crippen LogP contribution < -0.4 is 4.84 Å². The molecule has 0 radical (unpaired) electrons. The van der Waals surface area contributed by atoms with E-state index in [0.717, 1.165) is 21.1 Å². The highest BCUT2D eigenvalue weighted by Crippen LogP contribution is 2.27. The second-order valence-corrected chi connectivity index (χ2v) is 6.61. The van der Waals surface area contributed by atoms with Crippen molar-refractivity contribution in [2.75, 3.05) is 7.11 Å². The van der Waals surface area contributed by atoms with E-state index in [1.54, 1.807) is 19.3 Å². The van der Waals surface area contributed by atoms with Gasteiger partial charge in [-0.1, -0.05) is 5.16 Å². The summed E-state index contributed by atoms with van der Waals surface area (Å²) >= 11 is 1.49. The van der Waals surface area contributed by atoms with Gasteiger partial charge in [-0.2, -0.15) is 9.97 Å². The van der Waals surface area contributed by atoms with Crippen LogP contribution >= 0.6 is 11.3 Å².